The molecule has 0 amide bonds. The minimum absolute atomic E-state index is 0.421. The SMILES string of the molecule is CNC1CCCc2c1cnn2-c1cccnn1. The van der Waals surface area contributed by atoms with Crippen LogP contribution < -0.4 is 5.32 Å². The molecule has 2 aromatic heterocycles. The molecule has 17 heavy (non-hydrogen) atoms. The summed E-state index contributed by atoms with van der Waals surface area (Å²) in [5.41, 5.74) is 2.56. The average molecular weight is 229 g/mol. The Morgan fingerprint density at radius 1 is 1.47 bits per heavy atom. The van der Waals surface area contributed by atoms with E-state index in [1.807, 2.05) is 30.1 Å². The molecular formula is C12H15N5. The van der Waals surface area contributed by atoms with E-state index >= 15 is 0 Å². The van der Waals surface area contributed by atoms with Gasteiger partial charge >= 0.3 is 0 Å². The van der Waals surface area contributed by atoms with Crippen LogP contribution in [0.3, 0.4) is 0 Å². The number of aromatic nitrogens is 4. The highest BCUT2D eigenvalue weighted by Crippen LogP contribution is 2.30. The molecule has 88 valence electrons. The summed E-state index contributed by atoms with van der Waals surface area (Å²) in [4.78, 5) is 0. The van der Waals surface area contributed by atoms with Gasteiger partial charge in [-0.15, -0.1) is 5.10 Å². The van der Waals surface area contributed by atoms with E-state index in [1.54, 1.807) is 6.20 Å². The molecule has 0 aromatic carbocycles. The Bertz CT molecular complexity index is 505. The van der Waals surface area contributed by atoms with Crippen molar-refractivity contribution < 1.29 is 0 Å². The number of fused-ring (bicyclic) bond motifs is 1. The first kappa shape index (κ1) is 10.4. The van der Waals surface area contributed by atoms with Crippen LogP contribution in [-0.4, -0.2) is 27.0 Å². The fraction of sp³-hybridized carbons (Fsp3) is 0.417. The second-order valence-electron chi connectivity index (χ2n) is 4.27. The van der Waals surface area contributed by atoms with Crippen molar-refractivity contribution in [3.05, 3.63) is 35.8 Å². The fourth-order valence-electron chi connectivity index (χ4n) is 2.46. The predicted octanol–water partition coefficient (Wildman–Crippen LogP) is 1.26. The predicted molar refractivity (Wildman–Crippen MR) is 63.9 cm³/mol. The smallest absolute Gasteiger partial charge is 0.175 e. The third kappa shape index (κ3) is 1.72. The Labute approximate surface area is 99.9 Å². The van der Waals surface area contributed by atoms with Gasteiger partial charge in [-0.1, -0.05) is 0 Å². The van der Waals surface area contributed by atoms with Gasteiger partial charge in [0.05, 0.1) is 11.9 Å². The van der Waals surface area contributed by atoms with Gasteiger partial charge in [0, 0.05) is 17.8 Å². The molecule has 5 nitrogen and oxygen atoms in total. The maximum absolute atomic E-state index is 4.44. The molecule has 1 atom stereocenters. The lowest BCUT2D eigenvalue weighted by atomic mass is 9.93. The molecule has 1 aliphatic carbocycles. The third-order valence-electron chi connectivity index (χ3n) is 3.31. The lowest BCUT2D eigenvalue weighted by Crippen LogP contribution is -2.21. The molecule has 2 heterocycles. The standard InChI is InChI=1S/C12H15N5/c1-13-10-4-2-5-11-9(10)8-15-17(11)12-6-3-7-14-16-12/h3,6-8,10,13H,2,4-5H2,1H3. The van der Waals surface area contributed by atoms with Crippen LogP contribution in [-0.2, 0) is 6.42 Å². The second-order valence-corrected chi connectivity index (χ2v) is 4.27. The second kappa shape index (κ2) is 4.25. The molecule has 0 spiro atoms. The average Bonchev–Trinajstić information content (AvgIpc) is 2.83. The summed E-state index contributed by atoms with van der Waals surface area (Å²) in [7, 11) is 2.00. The number of nitrogens with zero attached hydrogens (tertiary/aromatic N) is 4. The van der Waals surface area contributed by atoms with Crippen LogP contribution in [0.4, 0.5) is 0 Å². The summed E-state index contributed by atoms with van der Waals surface area (Å²) in [6.07, 6.45) is 7.05. The number of hydrogen-bond acceptors (Lipinski definition) is 4. The zero-order valence-electron chi connectivity index (χ0n) is 9.80. The summed E-state index contributed by atoms with van der Waals surface area (Å²) < 4.78 is 1.91. The molecule has 0 fully saturated rings. The van der Waals surface area contributed by atoms with Gasteiger partial charge in [0.2, 0.25) is 0 Å². The van der Waals surface area contributed by atoms with Gasteiger partial charge in [-0.3, -0.25) is 0 Å². The minimum atomic E-state index is 0.421. The fourth-order valence-corrected chi connectivity index (χ4v) is 2.46. The van der Waals surface area contributed by atoms with Gasteiger partial charge in [0.25, 0.3) is 0 Å². The van der Waals surface area contributed by atoms with Gasteiger partial charge in [0.1, 0.15) is 0 Å². The lowest BCUT2D eigenvalue weighted by Gasteiger charge is -2.22. The van der Waals surface area contributed by atoms with Crippen molar-refractivity contribution in [2.45, 2.75) is 25.3 Å². The van der Waals surface area contributed by atoms with Crippen molar-refractivity contribution in [3.8, 4) is 5.82 Å². The first-order valence-corrected chi connectivity index (χ1v) is 5.92. The molecular weight excluding hydrogens is 214 g/mol. The Morgan fingerprint density at radius 3 is 3.18 bits per heavy atom. The quantitative estimate of drug-likeness (QED) is 0.842. The van der Waals surface area contributed by atoms with Crippen molar-refractivity contribution in [1.82, 2.24) is 25.3 Å². The Kier molecular flexibility index (Phi) is 2.60. The van der Waals surface area contributed by atoms with E-state index in [0.29, 0.717) is 6.04 Å². The summed E-state index contributed by atoms with van der Waals surface area (Å²) in [6, 6.07) is 4.24. The van der Waals surface area contributed by atoms with Crippen molar-refractivity contribution >= 4 is 0 Å². The van der Waals surface area contributed by atoms with Crippen LogP contribution in [0.15, 0.2) is 24.5 Å². The normalized spacial score (nSPS) is 19.0. The minimum Gasteiger partial charge on any atom is -0.313 e. The largest absolute Gasteiger partial charge is 0.313 e. The summed E-state index contributed by atoms with van der Waals surface area (Å²) in [5, 5.41) is 15.8. The van der Waals surface area contributed by atoms with Crippen molar-refractivity contribution in [1.29, 1.82) is 0 Å². The van der Waals surface area contributed by atoms with Crippen molar-refractivity contribution in [2.75, 3.05) is 7.05 Å². The van der Waals surface area contributed by atoms with E-state index in [9.17, 15) is 0 Å². The van der Waals surface area contributed by atoms with Gasteiger partial charge in [0.15, 0.2) is 5.82 Å². The number of rotatable bonds is 2. The van der Waals surface area contributed by atoms with Crippen molar-refractivity contribution in [2.24, 2.45) is 0 Å². The molecule has 1 unspecified atom stereocenters. The number of hydrogen-bond donors (Lipinski definition) is 1. The Balaban J connectivity index is 2.06. The van der Waals surface area contributed by atoms with Crippen LogP contribution in [0.2, 0.25) is 0 Å². The lowest BCUT2D eigenvalue weighted by molar-refractivity contribution is 0.489. The molecule has 0 aliphatic heterocycles. The first-order chi connectivity index (χ1) is 8.40. The molecule has 0 saturated carbocycles. The molecule has 0 radical (unpaired) electrons. The van der Waals surface area contributed by atoms with Gasteiger partial charge in [-0.2, -0.15) is 10.2 Å². The van der Waals surface area contributed by atoms with E-state index in [0.717, 1.165) is 12.2 Å². The van der Waals surface area contributed by atoms with E-state index in [-0.39, 0.29) is 0 Å². The van der Waals surface area contributed by atoms with Crippen LogP contribution >= 0.6 is 0 Å². The monoisotopic (exact) mass is 229 g/mol. The van der Waals surface area contributed by atoms with E-state index < -0.39 is 0 Å². The van der Waals surface area contributed by atoms with Crippen LogP contribution in [0, 0.1) is 0 Å². The van der Waals surface area contributed by atoms with Crippen LogP contribution in [0.5, 0.6) is 0 Å². The number of nitrogens with one attached hydrogen (secondary N) is 1. The van der Waals surface area contributed by atoms with Gasteiger partial charge in [-0.25, -0.2) is 4.68 Å². The highest BCUT2D eigenvalue weighted by Gasteiger charge is 2.23. The first-order valence-electron chi connectivity index (χ1n) is 5.92. The van der Waals surface area contributed by atoms with E-state index in [1.165, 1.54) is 24.1 Å². The van der Waals surface area contributed by atoms with Gasteiger partial charge in [-0.05, 0) is 38.4 Å². The molecule has 1 aliphatic rings. The van der Waals surface area contributed by atoms with Crippen LogP contribution in [0.25, 0.3) is 5.82 Å². The third-order valence-corrected chi connectivity index (χ3v) is 3.31. The van der Waals surface area contributed by atoms with Gasteiger partial charge < -0.3 is 5.32 Å². The van der Waals surface area contributed by atoms with E-state index in [2.05, 4.69) is 20.6 Å². The zero-order valence-corrected chi connectivity index (χ0v) is 9.80. The maximum Gasteiger partial charge on any atom is 0.175 e. The topological polar surface area (TPSA) is 55.6 Å². The highest BCUT2D eigenvalue weighted by molar-refractivity contribution is 5.31. The maximum atomic E-state index is 4.44. The Hall–Kier alpha value is -1.75. The summed E-state index contributed by atoms with van der Waals surface area (Å²) in [6.45, 7) is 0. The molecule has 0 saturated heterocycles. The zero-order chi connectivity index (χ0) is 11.7. The van der Waals surface area contributed by atoms with E-state index in [4.69, 9.17) is 0 Å². The highest BCUT2D eigenvalue weighted by atomic mass is 15.3. The van der Waals surface area contributed by atoms with Crippen LogP contribution in [0.1, 0.15) is 30.1 Å². The summed E-state index contributed by atoms with van der Waals surface area (Å²) >= 11 is 0. The summed E-state index contributed by atoms with van der Waals surface area (Å²) in [5.74, 6) is 0.797. The molecule has 2 aromatic rings. The molecule has 1 N–H and O–H groups in total. The molecule has 5 heteroatoms. The molecule has 0 bridgehead atoms. The molecule has 3 rings (SSSR count). The van der Waals surface area contributed by atoms with Crippen molar-refractivity contribution in [3.63, 3.8) is 0 Å². The Morgan fingerprint density at radius 2 is 2.41 bits per heavy atom.